The number of hydrogen-bond acceptors (Lipinski definition) is 2. The summed E-state index contributed by atoms with van der Waals surface area (Å²) in [6, 6.07) is 6.66. The van der Waals surface area contributed by atoms with Gasteiger partial charge in [0.05, 0.1) is 12.2 Å². The van der Waals surface area contributed by atoms with E-state index in [9.17, 15) is 9.18 Å². The van der Waals surface area contributed by atoms with E-state index in [1.807, 2.05) is 19.9 Å². The van der Waals surface area contributed by atoms with E-state index < -0.39 is 0 Å². The van der Waals surface area contributed by atoms with Gasteiger partial charge in [-0.05, 0) is 43.4 Å². The van der Waals surface area contributed by atoms with Crippen LogP contribution in [0.4, 0.5) is 4.39 Å². The summed E-state index contributed by atoms with van der Waals surface area (Å²) in [6.45, 7) is 8.25. The number of fused-ring (bicyclic) bond motifs is 1. The summed E-state index contributed by atoms with van der Waals surface area (Å²) in [5, 5.41) is 3.31. The lowest BCUT2D eigenvalue weighted by molar-refractivity contribution is -0.155. The molecule has 1 amide bonds. The van der Waals surface area contributed by atoms with Gasteiger partial charge in [0.2, 0.25) is 5.91 Å². The SMILES string of the molecule is CC(C)C(=O)N[C@]1(C)C[C@H](c2cccc(F)c2)O[C@@H]2C[C@H](C)CC[C@H]21. The highest BCUT2D eigenvalue weighted by molar-refractivity contribution is 5.78. The zero-order valence-electron chi connectivity index (χ0n) is 15.7. The number of ether oxygens (including phenoxy) is 1. The van der Waals surface area contributed by atoms with Crippen molar-refractivity contribution in [1.29, 1.82) is 0 Å². The van der Waals surface area contributed by atoms with E-state index in [2.05, 4.69) is 19.2 Å². The van der Waals surface area contributed by atoms with Crippen molar-refractivity contribution in [2.75, 3.05) is 0 Å². The Morgan fingerprint density at radius 2 is 2.12 bits per heavy atom. The lowest BCUT2D eigenvalue weighted by atomic mass is 9.66. The van der Waals surface area contributed by atoms with Gasteiger partial charge >= 0.3 is 0 Å². The van der Waals surface area contributed by atoms with Gasteiger partial charge in [0.1, 0.15) is 5.82 Å². The maximum Gasteiger partial charge on any atom is 0.222 e. The number of carbonyl (C=O) groups excluding carboxylic acids is 1. The molecular formula is C21H30FNO2. The molecule has 1 heterocycles. The molecule has 1 saturated heterocycles. The van der Waals surface area contributed by atoms with E-state index in [1.165, 1.54) is 12.5 Å². The molecule has 1 saturated carbocycles. The first-order valence-electron chi connectivity index (χ1n) is 9.51. The van der Waals surface area contributed by atoms with E-state index in [1.54, 1.807) is 12.1 Å². The molecule has 2 fully saturated rings. The fourth-order valence-corrected chi connectivity index (χ4v) is 4.48. The van der Waals surface area contributed by atoms with Crippen molar-refractivity contribution in [3.63, 3.8) is 0 Å². The minimum atomic E-state index is -0.318. The lowest BCUT2D eigenvalue weighted by Crippen LogP contribution is -2.61. The zero-order chi connectivity index (χ0) is 18.2. The average Bonchev–Trinajstić information content (AvgIpc) is 2.53. The van der Waals surface area contributed by atoms with Gasteiger partial charge in [-0.1, -0.05) is 39.3 Å². The fraction of sp³-hybridized carbons (Fsp3) is 0.667. The molecule has 1 N–H and O–H groups in total. The molecule has 3 rings (SSSR count). The van der Waals surface area contributed by atoms with Crippen molar-refractivity contribution >= 4 is 5.91 Å². The van der Waals surface area contributed by atoms with Gasteiger partial charge in [0.25, 0.3) is 0 Å². The fourth-order valence-electron chi connectivity index (χ4n) is 4.48. The van der Waals surface area contributed by atoms with Crippen LogP contribution < -0.4 is 5.32 Å². The smallest absolute Gasteiger partial charge is 0.222 e. The molecule has 3 nitrogen and oxygen atoms in total. The van der Waals surface area contributed by atoms with Crippen LogP contribution in [0.3, 0.4) is 0 Å². The Labute approximate surface area is 150 Å². The second kappa shape index (κ2) is 7.06. The summed E-state index contributed by atoms with van der Waals surface area (Å²) >= 11 is 0. The van der Waals surface area contributed by atoms with Gasteiger partial charge in [0.15, 0.2) is 0 Å². The van der Waals surface area contributed by atoms with Crippen molar-refractivity contribution < 1.29 is 13.9 Å². The van der Waals surface area contributed by atoms with Crippen LogP contribution in [-0.4, -0.2) is 17.6 Å². The predicted octanol–water partition coefficient (Wildman–Crippen LogP) is 4.62. The van der Waals surface area contributed by atoms with E-state index >= 15 is 0 Å². The van der Waals surface area contributed by atoms with Gasteiger partial charge in [-0.2, -0.15) is 0 Å². The molecule has 0 spiro atoms. The summed E-state index contributed by atoms with van der Waals surface area (Å²) in [4.78, 5) is 12.4. The average molecular weight is 347 g/mol. The Morgan fingerprint density at radius 1 is 1.36 bits per heavy atom. The number of amides is 1. The Kier molecular flexibility index (Phi) is 5.19. The van der Waals surface area contributed by atoms with Crippen molar-refractivity contribution in [2.24, 2.45) is 17.8 Å². The first-order chi connectivity index (χ1) is 11.8. The van der Waals surface area contributed by atoms with Gasteiger partial charge in [0, 0.05) is 23.8 Å². The molecule has 1 aliphatic heterocycles. The van der Waals surface area contributed by atoms with Gasteiger partial charge in [-0.25, -0.2) is 4.39 Å². The number of nitrogens with one attached hydrogen (secondary N) is 1. The van der Waals surface area contributed by atoms with E-state index in [0.717, 1.165) is 18.4 Å². The third kappa shape index (κ3) is 3.89. The number of carbonyl (C=O) groups is 1. The first kappa shape index (κ1) is 18.4. The highest BCUT2D eigenvalue weighted by Crippen LogP contribution is 2.48. The maximum atomic E-state index is 13.7. The summed E-state index contributed by atoms with van der Waals surface area (Å²) in [5.74, 6) is 0.731. The second-order valence-corrected chi connectivity index (χ2v) is 8.51. The number of benzene rings is 1. The van der Waals surface area contributed by atoms with Crippen LogP contribution >= 0.6 is 0 Å². The number of halogens is 1. The summed E-state index contributed by atoms with van der Waals surface area (Å²) < 4.78 is 20.1. The van der Waals surface area contributed by atoms with E-state index in [-0.39, 0.29) is 35.4 Å². The highest BCUT2D eigenvalue weighted by atomic mass is 19.1. The maximum absolute atomic E-state index is 13.7. The molecule has 1 aliphatic carbocycles. The molecule has 2 aliphatic rings. The summed E-state index contributed by atoms with van der Waals surface area (Å²) in [7, 11) is 0. The molecule has 0 aromatic heterocycles. The first-order valence-corrected chi connectivity index (χ1v) is 9.51. The van der Waals surface area contributed by atoms with Gasteiger partial charge < -0.3 is 10.1 Å². The zero-order valence-corrected chi connectivity index (χ0v) is 15.7. The standard InChI is InChI=1S/C21H30FNO2/c1-13(2)20(24)23-21(4)12-19(15-6-5-7-16(22)11-15)25-18-10-14(3)8-9-17(18)21/h5-7,11,13-14,17-19H,8-10,12H2,1-4H3,(H,23,24)/t14-,17-,18-,19-,21-/m1/s1. The van der Waals surface area contributed by atoms with Gasteiger partial charge in [-0.3, -0.25) is 4.79 Å². The monoisotopic (exact) mass is 347 g/mol. The molecule has 1 aromatic rings. The molecule has 0 bridgehead atoms. The van der Waals surface area contributed by atoms with Crippen molar-refractivity contribution in [2.45, 2.75) is 71.1 Å². The van der Waals surface area contributed by atoms with Crippen LogP contribution in [0.2, 0.25) is 0 Å². The van der Waals surface area contributed by atoms with Crippen LogP contribution in [0.1, 0.15) is 65.0 Å². The number of hydrogen-bond donors (Lipinski definition) is 1. The Morgan fingerprint density at radius 3 is 2.80 bits per heavy atom. The van der Waals surface area contributed by atoms with Crippen LogP contribution in [0.25, 0.3) is 0 Å². The molecule has 4 heteroatoms. The van der Waals surface area contributed by atoms with Crippen LogP contribution in [0.5, 0.6) is 0 Å². The van der Waals surface area contributed by atoms with E-state index in [4.69, 9.17) is 4.74 Å². The van der Waals surface area contributed by atoms with Crippen LogP contribution in [0.15, 0.2) is 24.3 Å². The minimum absolute atomic E-state index is 0.0479. The van der Waals surface area contributed by atoms with Gasteiger partial charge in [-0.15, -0.1) is 0 Å². The molecule has 138 valence electrons. The quantitative estimate of drug-likeness (QED) is 0.866. The summed E-state index contributed by atoms with van der Waals surface area (Å²) in [6.07, 6.45) is 3.86. The van der Waals surface area contributed by atoms with Crippen molar-refractivity contribution in [1.82, 2.24) is 5.32 Å². The highest BCUT2D eigenvalue weighted by Gasteiger charge is 2.49. The van der Waals surface area contributed by atoms with Crippen molar-refractivity contribution in [3.8, 4) is 0 Å². The second-order valence-electron chi connectivity index (χ2n) is 8.51. The largest absolute Gasteiger partial charge is 0.370 e. The topological polar surface area (TPSA) is 38.3 Å². The Hall–Kier alpha value is -1.42. The number of rotatable bonds is 3. The minimum Gasteiger partial charge on any atom is -0.370 e. The van der Waals surface area contributed by atoms with Crippen LogP contribution in [-0.2, 0) is 9.53 Å². The third-order valence-electron chi connectivity index (χ3n) is 5.97. The lowest BCUT2D eigenvalue weighted by Gasteiger charge is -2.52. The van der Waals surface area contributed by atoms with Crippen LogP contribution in [0, 0.1) is 23.6 Å². The molecule has 0 radical (unpaired) electrons. The summed E-state index contributed by atoms with van der Waals surface area (Å²) in [5.41, 5.74) is 0.545. The molecule has 25 heavy (non-hydrogen) atoms. The molecule has 1 aromatic carbocycles. The van der Waals surface area contributed by atoms with E-state index in [0.29, 0.717) is 18.3 Å². The normalized spacial score (nSPS) is 35.3. The Bertz CT molecular complexity index is 632. The third-order valence-corrected chi connectivity index (χ3v) is 5.97. The molecular weight excluding hydrogens is 317 g/mol. The van der Waals surface area contributed by atoms with Crippen molar-refractivity contribution in [3.05, 3.63) is 35.6 Å². The Balaban J connectivity index is 1.89. The molecule has 5 atom stereocenters. The predicted molar refractivity (Wildman–Crippen MR) is 96.5 cm³/mol. The molecule has 0 unspecified atom stereocenters.